The lowest BCUT2D eigenvalue weighted by atomic mass is 10.1. The van der Waals surface area contributed by atoms with Gasteiger partial charge in [0.1, 0.15) is 17.7 Å². The number of benzene rings is 2. The predicted molar refractivity (Wildman–Crippen MR) is 97.5 cm³/mol. The second kappa shape index (κ2) is 8.75. The quantitative estimate of drug-likeness (QED) is 0.873. The molecule has 1 N–H and O–H groups in total. The maximum Gasteiger partial charge on any atom is 0.243 e. The van der Waals surface area contributed by atoms with E-state index in [1.165, 1.54) is 0 Å². The average molecular weight is 372 g/mol. The van der Waals surface area contributed by atoms with E-state index in [1.807, 2.05) is 30.3 Å². The molecule has 1 saturated heterocycles. The van der Waals surface area contributed by atoms with Crippen LogP contribution in [-0.2, 0) is 22.7 Å². The van der Waals surface area contributed by atoms with Crippen LogP contribution in [0.4, 0.5) is 8.78 Å². The van der Waals surface area contributed by atoms with Crippen molar-refractivity contribution < 1.29 is 18.4 Å². The summed E-state index contributed by atoms with van der Waals surface area (Å²) in [4.78, 5) is 26.9. The normalized spacial score (nSPS) is 17.5. The highest BCUT2D eigenvalue weighted by atomic mass is 19.1. The molecule has 0 spiro atoms. The summed E-state index contributed by atoms with van der Waals surface area (Å²) in [7, 11) is 0. The smallest absolute Gasteiger partial charge is 0.243 e. The number of amides is 2. The summed E-state index contributed by atoms with van der Waals surface area (Å²) in [5, 5.41) is 2.66. The van der Waals surface area contributed by atoms with Gasteiger partial charge in [-0.1, -0.05) is 36.8 Å². The van der Waals surface area contributed by atoms with Crippen LogP contribution in [0.1, 0.15) is 36.8 Å². The van der Waals surface area contributed by atoms with Gasteiger partial charge in [0.2, 0.25) is 11.8 Å². The van der Waals surface area contributed by atoms with E-state index in [1.54, 1.807) is 4.90 Å². The van der Waals surface area contributed by atoms with Gasteiger partial charge in [-0.05, 0) is 36.6 Å². The van der Waals surface area contributed by atoms with E-state index in [0.29, 0.717) is 19.4 Å². The lowest BCUT2D eigenvalue weighted by Gasteiger charge is -2.29. The molecule has 1 aliphatic heterocycles. The van der Waals surface area contributed by atoms with Gasteiger partial charge in [-0.3, -0.25) is 9.59 Å². The Kier molecular flexibility index (Phi) is 6.16. The maximum atomic E-state index is 13.8. The fourth-order valence-corrected chi connectivity index (χ4v) is 3.32. The highest BCUT2D eigenvalue weighted by Crippen LogP contribution is 2.21. The molecule has 1 heterocycles. The lowest BCUT2D eigenvalue weighted by molar-refractivity contribution is -0.140. The summed E-state index contributed by atoms with van der Waals surface area (Å²) >= 11 is 0. The van der Waals surface area contributed by atoms with Crippen LogP contribution >= 0.6 is 0 Å². The molecule has 0 aromatic heterocycles. The Labute approximate surface area is 157 Å². The van der Waals surface area contributed by atoms with Gasteiger partial charge in [-0.2, -0.15) is 0 Å². The van der Waals surface area contributed by atoms with Crippen LogP contribution < -0.4 is 5.32 Å². The third-order valence-corrected chi connectivity index (χ3v) is 4.77. The monoisotopic (exact) mass is 372 g/mol. The second-order valence-corrected chi connectivity index (χ2v) is 6.72. The number of halogens is 2. The number of nitrogens with one attached hydrogen (secondary N) is 1. The number of likely N-dealkylation sites (tertiary alicyclic amines) is 1. The average Bonchev–Trinajstić information content (AvgIpc) is 2.85. The summed E-state index contributed by atoms with van der Waals surface area (Å²) in [6.45, 7) is 0.235. The van der Waals surface area contributed by atoms with Gasteiger partial charge in [-0.15, -0.1) is 0 Å². The van der Waals surface area contributed by atoms with E-state index in [-0.39, 0.29) is 23.9 Å². The van der Waals surface area contributed by atoms with E-state index in [2.05, 4.69) is 5.32 Å². The summed E-state index contributed by atoms with van der Waals surface area (Å²) in [5.41, 5.74) is 1.03. The zero-order valence-electron chi connectivity index (χ0n) is 15.0. The zero-order chi connectivity index (χ0) is 19.2. The molecular formula is C21H22F2N2O2. The van der Waals surface area contributed by atoms with Crippen molar-refractivity contribution in [3.8, 4) is 0 Å². The Balaban J connectivity index is 1.73. The standard InChI is InChI=1S/C21H22F2N2O2/c22-17-10-11-18(23)16(12-17)13-24-21(27)19-8-4-5-9-20(26)25(19)14-15-6-2-1-3-7-15/h1-3,6-7,10-12,19H,4-5,8-9,13-14H2,(H,24,27). The Morgan fingerprint density at radius 3 is 2.67 bits per heavy atom. The van der Waals surface area contributed by atoms with Gasteiger partial charge in [0.25, 0.3) is 0 Å². The lowest BCUT2D eigenvalue weighted by Crippen LogP contribution is -2.48. The number of hydrogen-bond donors (Lipinski definition) is 1. The van der Waals surface area contributed by atoms with Crippen molar-refractivity contribution in [3.05, 3.63) is 71.3 Å². The molecule has 0 saturated carbocycles. The summed E-state index contributed by atoms with van der Waals surface area (Å²) < 4.78 is 27.1. The molecule has 0 aliphatic carbocycles. The molecule has 6 heteroatoms. The van der Waals surface area contributed by atoms with Crippen LogP contribution in [-0.4, -0.2) is 22.8 Å². The summed E-state index contributed by atoms with van der Waals surface area (Å²) in [6, 6.07) is 12.0. The van der Waals surface area contributed by atoms with Crippen molar-refractivity contribution in [1.82, 2.24) is 10.2 Å². The summed E-state index contributed by atoms with van der Waals surface area (Å²) in [5.74, 6) is -1.54. The molecule has 2 aromatic carbocycles. The molecule has 0 radical (unpaired) electrons. The molecule has 0 bridgehead atoms. The molecule has 3 rings (SSSR count). The minimum absolute atomic E-state index is 0.0616. The first-order valence-electron chi connectivity index (χ1n) is 9.09. The number of carbonyl (C=O) groups excluding carboxylic acids is 2. The van der Waals surface area contributed by atoms with Crippen LogP contribution in [0.5, 0.6) is 0 Å². The van der Waals surface area contributed by atoms with Gasteiger partial charge < -0.3 is 10.2 Å². The first kappa shape index (κ1) is 19.0. The Morgan fingerprint density at radius 1 is 1.11 bits per heavy atom. The van der Waals surface area contributed by atoms with Crippen LogP contribution in [0.3, 0.4) is 0 Å². The molecule has 1 aliphatic rings. The topological polar surface area (TPSA) is 49.4 Å². The first-order valence-corrected chi connectivity index (χ1v) is 9.09. The van der Waals surface area contributed by atoms with Crippen LogP contribution in [0.15, 0.2) is 48.5 Å². The Morgan fingerprint density at radius 2 is 1.89 bits per heavy atom. The molecule has 2 amide bonds. The van der Waals surface area contributed by atoms with Crippen molar-refractivity contribution in [2.75, 3.05) is 0 Å². The van der Waals surface area contributed by atoms with Gasteiger partial charge >= 0.3 is 0 Å². The number of carbonyl (C=O) groups is 2. The van der Waals surface area contributed by atoms with Crippen LogP contribution in [0, 0.1) is 11.6 Å². The van der Waals surface area contributed by atoms with Crippen molar-refractivity contribution in [3.63, 3.8) is 0 Å². The Bertz CT molecular complexity index is 811. The fraction of sp³-hybridized carbons (Fsp3) is 0.333. The minimum atomic E-state index is -0.614. The van der Waals surface area contributed by atoms with Crippen molar-refractivity contribution >= 4 is 11.8 Å². The Hall–Kier alpha value is -2.76. The van der Waals surface area contributed by atoms with Gasteiger partial charge in [0.15, 0.2) is 0 Å². The molecule has 2 aromatic rings. The van der Waals surface area contributed by atoms with Crippen LogP contribution in [0.2, 0.25) is 0 Å². The SMILES string of the molecule is O=C(NCc1cc(F)ccc1F)C1CCCCC(=O)N1Cc1ccccc1. The van der Waals surface area contributed by atoms with E-state index in [4.69, 9.17) is 0 Å². The van der Waals surface area contributed by atoms with Crippen LogP contribution in [0.25, 0.3) is 0 Å². The maximum absolute atomic E-state index is 13.8. The van der Waals surface area contributed by atoms with Gasteiger partial charge in [0.05, 0.1) is 0 Å². The molecular weight excluding hydrogens is 350 g/mol. The largest absolute Gasteiger partial charge is 0.350 e. The molecule has 1 fully saturated rings. The number of rotatable bonds is 5. The molecule has 1 atom stereocenters. The van der Waals surface area contributed by atoms with E-state index >= 15 is 0 Å². The van der Waals surface area contributed by atoms with E-state index in [9.17, 15) is 18.4 Å². The molecule has 142 valence electrons. The minimum Gasteiger partial charge on any atom is -0.350 e. The highest BCUT2D eigenvalue weighted by Gasteiger charge is 2.31. The van der Waals surface area contributed by atoms with E-state index in [0.717, 1.165) is 36.6 Å². The second-order valence-electron chi connectivity index (χ2n) is 6.72. The molecule has 27 heavy (non-hydrogen) atoms. The third-order valence-electron chi connectivity index (χ3n) is 4.77. The van der Waals surface area contributed by atoms with Crippen molar-refractivity contribution in [2.24, 2.45) is 0 Å². The van der Waals surface area contributed by atoms with E-state index < -0.39 is 17.7 Å². The zero-order valence-corrected chi connectivity index (χ0v) is 15.0. The van der Waals surface area contributed by atoms with Crippen molar-refractivity contribution in [1.29, 1.82) is 0 Å². The molecule has 1 unspecified atom stereocenters. The molecule has 4 nitrogen and oxygen atoms in total. The predicted octanol–water partition coefficient (Wildman–Crippen LogP) is 3.55. The number of hydrogen-bond acceptors (Lipinski definition) is 2. The van der Waals surface area contributed by atoms with Crippen molar-refractivity contribution in [2.45, 2.75) is 44.8 Å². The van der Waals surface area contributed by atoms with Gasteiger partial charge in [-0.25, -0.2) is 8.78 Å². The summed E-state index contributed by atoms with van der Waals surface area (Å²) in [6.07, 6.45) is 2.47. The number of nitrogens with zero attached hydrogens (tertiary/aromatic N) is 1. The first-order chi connectivity index (χ1) is 13.0. The van der Waals surface area contributed by atoms with Gasteiger partial charge in [0, 0.05) is 25.1 Å². The fourth-order valence-electron chi connectivity index (χ4n) is 3.32. The highest BCUT2D eigenvalue weighted by molar-refractivity contribution is 5.88. The third kappa shape index (κ3) is 4.90.